The number of carbonyl (C=O) groups excluding carboxylic acids is 1. The topological polar surface area (TPSA) is 41.9 Å². The first-order valence-electron chi connectivity index (χ1n) is 11.0. The lowest BCUT2D eigenvalue weighted by Gasteiger charge is -2.12. The van der Waals surface area contributed by atoms with Crippen LogP contribution >= 0.6 is 11.6 Å². The molecule has 6 heteroatoms. The minimum atomic E-state index is -0.305. The number of nitrogens with zero attached hydrogens (tertiary/aromatic N) is 2. The predicted octanol–water partition coefficient (Wildman–Crippen LogP) is 6.89. The fourth-order valence-corrected chi connectivity index (χ4v) is 3.94. The zero-order valence-electron chi connectivity index (χ0n) is 18.6. The van der Waals surface area contributed by atoms with Crippen LogP contribution in [0.5, 0.6) is 5.75 Å². The van der Waals surface area contributed by atoms with Crippen molar-refractivity contribution in [2.75, 3.05) is 5.01 Å². The summed E-state index contributed by atoms with van der Waals surface area (Å²) in [6.07, 6.45) is 1.75. The van der Waals surface area contributed by atoms with E-state index in [9.17, 15) is 9.18 Å². The third-order valence-electron chi connectivity index (χ3n) is 5.51. The molecule has 0 bridgehead atoms. The maximum absolute atomic E-state index is 13.5. The SMILES string of the molecule is O=C1/C(=C\c2cc(Cl)ccc2OCc2ccc(F)cc2)C(c2ccccc2)=NN1c1ccccc1. The van der Waals surface area contributed by atoms with Gasteiger partial charge >= 0.3 is 0 Å². The molecule has 1 amide bonds. The number of benzene rings is 4. The number of anilines is 1. The molecule has 1 aliphatic rings. The molecular formula is C29H20ClFN2O2. The van der Waals surface area contributed by atoms with Crippen LogP contribution in [0.25, 0.3) is 6.08 Å². The molecule has 0 N–H and O–H groups in total. The van der Waals surface area contributed by atoms with Gasteiger partial charge in [-0.05, 0) is 54.1 Å². The van der Waals surface area contributed by atoms with E-state index in [-0.39, 0.29) is 18.3 Å². The summed E-state index contributed by atoms with van der Waals surface area (Å²) in [4.78, 5) is 13.5. The molecule has 172 valence electrons. The summed E-state index contributed by atoms with van der Waals surface area (Å²) >= 11 is 6.30. The van der Waals surface area contributed by atoms with Gasteiger partial charge in [-0.3, -0.25) is 4.79 Å². The van der Waals surface area contributed by atoms with Crippen LogP contribution in [0.3, 0.4) is 0 Å². The highest BCUT2D eigenvalue weighted by Gasteiger charge is 2.32. The quantitative estimate of drug-likeness (QED) is 0.281. The molecule has 0 aliphatic carbocycles. The molecule has 0 spiro atoms. The molecule has 4 nitrogen and oxygen atoms in total. The number of hydrogen-bond donors (Lipinski definition) is 0. The van der Waals surface area contributed by atoms with E-state index < -0.39 is 0 Å². The number of rotatable bonds is 6. The third-order valence-corrected chi connectivity index (χ3v) is 5.74. The van der Waals surface area contributed by atoms with Gasteiger partial charge in [0.15, 0.2) is 0 Å². The Balaban J connectivity index is 1.54. The highest BCUT2D eigenvalue weighted by atomic mass is 35.5. The van der Waals surface area contributed by atoms with Gasteiger partial charge in [-0.25, -0.2) is 4.39 Å². The average molecular weight is 483 g/mol. The molecule has 1 aliphatic heterocycles. The van der Waals surface area contributed by atoms with Crippen molar-refractivity contribution in [3.05, 3.63) is 136 Å². The average Bonchev–Trinajstić information content (AvgIpc) is 3.21. The van der Waals surface area contributed by atoms with Gasteiger partial charge in [0.2, 0.25) is 0 Å². The smallest absolute Gasteiger partial charge is 0.281 e. The van der Waals surface area contributed by atoms with Crippen molar-refractivity contribution in [1.29, 1.82) is 0 Å². The van der Waals surface area contributed by atoms with Gasteiger partial charge in [-0.15, -0.1) is 0 Å². The van der Waals surface area contributed by atoms with Crippen LogP contribution in [-0.4, -0.2) is 11.6 Å². The van der Waals surface area contributed by atoms with Crippen LogP contribution in [0.2, 0.25) is 5.02 Å². The minimum absolute atomic E-state index is 0.238. The summed E-state index contributed by atoms with van der Waals surface area (Å²) in [5, 5.41) is 6.57. The van der Waals surface area contributed by atoms with Crippen LogP contribution < -0.4 is 9.75 Å². The van der Waals surface area contributed by atoms with E-state index in [1.165, 1.54) is 17.1 Å². The van der Waals surface area contributed by atoms with E-state index in [2.05, 4.69) is 5.10 Å². The second-order valence-electron chi connectivity index (χ2n) is 7.92. The Hall–Kier alpha value is -4.22. The second-order valence-corrected chi connectivity index (χ2v) is 8.36. The van der Waals surface area contributed by atoms with Crippen molar-refractivity contribution in [3.63, 3.8) is 0 Å². The van der Waals surface area contributed by atoms with Crippen molar-refractivity contribution < 1.29 is 13.9 Å². The lowest BCUT2D eigenvalue weighted by molar-refractivity contribution is -0.114. The lowest BCUT2D eigenvalue weighted by atomic mass is 10.00. The molecule has 4 aromatic rings. The largest absolute Gasteiger partial charge is 0.488 e. The van der Waals surface area contributed by atoms with E-state index >= 15 is 0 Å². The molecule has 0 saturated carbocycles. The maximum Gasteiger partial charge on any atom is 0.281 e. The van der Waals surface area contributed by atoms with Gasteiger partial charge in [-0.1, -0.05) is 72.3 Å². The Morgan fingerprint density at radius 3 is 2.29 bits per heavy atom. The first kappa shape index (κ1) is 22.6. The van der Waals surface area contributed by atoms with Gasteiger partial charge in [0.1, 0.15) is 23.9 Å². The van der Waals surface area contributed by atoms with E-state index in [0.29, 0.717) is 33.3 Å². The third kappa shape index (κ3) is 5.00. The van der Waals surface area contributed by atoms with Crippen molar-refractivity contribution in [3.8, 4) is 5.75 Å². The Morgan fingerprint density at radius 2 is 1.57 bits per heavy atom. The van der Waals surface area contributed by atoms with E-state index in [1.54, 1.807) is 36.4 Å². The summed E-state index contributed by atoms with van der Waals surface area (Å²) < 4.78 is 19.3. The highest BCUT2D eigenvalue weighted by molar-refractivity contribution is 6.37. The standard InChI is InChI=1S/C29H20ClFN2O2/c30-23-13-16-27(35-19-20-11-14-24(31)15-12-20)22(17-23)18-26-28(21-7-3-1-4-8-21)32-33(29(26)34)25-9-5-2-6-10-25/h1-18H,19H2/b26-18-. The van der Waals surface area contributed by atoms with Gasteiger partial charge in [0, 0.05) is 16.1 Å². The number of ether oxygens (including phenoxy) is 1. The molecule has 1 heterocycles. The molecule has 0 unspecified atom stereocenters. The molecule has 5 rings (SSSR count). The first-order chi connectivity index (χ1) is 17.1. The van der Waals surface area contributed by atoms with Crippen LogP contribution in [0.15, 0.2) is 114 Å². The number of halogens is 2. The summed E-state index contributed by atoms with van der Waals surface area (Å²) in [6, 6.07) is 30.2. The fourth-order valence-electron chi connectivity index (χ4n) is 3.76. The Labute approximate surface area is 207 Å². The zero-order chi connectivity index (χ0) is 24.2. The summed E-state index contributed by atoms with van der Waals surface area (Å²) in [7, 11) is 0. The number of amides is 1. The molecule has 0 fully saturated rings. The zero-order valence-corrected chi connectivity index (χ0v) is 19.3. The lowest BCUT2D eigenvalue weighted by Crippen LogP contribution is -2.21. The Bertz CT molecular complexity index is 1420. The highest BCUT2D eigenvalue weighted by Crippen LogP contribution is 2.31. The van der Waals surface area contributed by atoms with Crippen LogP contribution in [-0.2, 0) is 11.4 Å². The van der Waals surface area contributed by atoms with Crippen LogP contribution in [0, 0.1) is 5.82 Å². The molecular weight excluding hydrogens is 463 g/mol. The molecule has 0 saturated heterocycles. The number of hydrogen-bond acceptors (Lipinski definition) is 3. The minimum Gasteiger partial charge on any atom is -0.488 e. The number of para-hydroxylation sites is 1. The van der Waals surface area contributed by atoms with E-state index in [1.807, 2.05) is 60.7 Å². The maximum atomic E-state index is 13.5. The monoisotopic (exact) mass is 482 g/mol. The van der Waals surface area contributed by atoms with Crippen LogP contribution in [0.1, 0.15) is 16.7 Å². The molecule has 4 aromatic carbocycles. The molecule has 0 radical (unpaired) electrons. The van der Waals surface area contributed by atoms with Gasteiger partial charge < -0.3 is 4.74 Å². The van der Waals surface area contributed by atoms with E-state index in [4.69, 9.17) is 16.3 Å². The van der Waals surface area contributed by atoms with Crippen molar-refractivity contribution in [2.45, 2.75) is 6.61 Å². The predicted molar refractivity (Wildman–Crippen MR) is 137 cm³/mol. The molecule has 0 atom stereocenters. The summed E-state index contributed by atoms with van der Waals surface area (Å²) in [5.41, 5.74) is 3.94. The number of hydrazone groups is 1. The van der Waals surface area contributed by atoms with E-state index in [0.717, 1.165) is 11.1 Å². The van der Waals surface area contributed by atoms with Gasteiger partial charge in [-0.2, -0.15) is 10.1 Å². The van der Waals surface area contributed by atoms with Crippen molar-refractivity contribution >= 4 is 35.0 Å². The summed E-state index contributed by atoms with van der Waals surface area (Å²) in [6.45, 7) is 0.238. The first-order valence-corrected chi connectivity index (χ1v) is 11.4. The fraction of sp³-hybridized carbons (Fsp3) is 0.0345. The van der Waals surface area contributed by atoms with Gasteiger partial charge in [0.05, 0.1) is 11.3 Å². The second kappa shape index (κ2) is 9.95. The molecule has 0 aromatic heterocycles. The van der Waals surface area contributed by atoms with Gasteiger partial charge in [0.25, 0.3) is 5.91 Å². The Morgan fingerprint density at radius 1 is 0.886 bits per heavy atom. The van der Waals surface area contributed by atoms with Crippen LogP contribution in [0.4, 0.5) is 10.1 Å². The summed E-state index contributed by atoms with van der Waals surface area (Å²) in [5.74, 6) is -0.00905. The normalized spacial score (nSPS) is 14.3. The number of carbonyl (C=O) groups is 1. The van der Waals surface area contributed by atoms with Crippen molar-refractivity contribution in [2.24, 2.45) is 5.10 Å². The van der Waals surface area contributed by atoms with Crippen molar-refractivity contribution in [1.82, 2.24) is 0 Å². The molecule has 35 heavy (non-hydrogen) atoms. The Kier molecular flexibility index (Phi) is 6.42.